The predicted molar refractivity (Wildman–Crippen MR) is 118 cm³/mol. The van der Waals surface area contributed by atoms with Crippen LogP contribution in [0, 0.1) is 0 Å². The van der Waals surface area contributed by atoms with Crippen molar-refractivity contribution >= 4 is 17.5 Å². The van der Waals surface area contributed by atoms with Crippen LogP contribution in [0.5, 0.6) is 5.75 Å². The van der Waals surface area contributed by atoms with E-state index >= 15 is 0 Å². The monoisotopic (exact) mass is 416 g/mol. The summed E-state index contributed by atoms with van der Waals surface area (Å²) >= 11 is 0. The maximum absolute atomic E-state index is 12.4. The minimum absolute atomic E-state index is 0.163. The van der Waals surface area contributed by atoms with Crippen molar-refractivity contribution in [3.05, 3.63) is 95.6 Å². The fraction of sp³-hybridized carbons (Fsp3) is 0.200. The minimum Gasteiger partial charge on any atom is -0.478 e. The minimum atomic E-state index is -0.580. The number of carbonyl (C=O) groups is 2. The van der Waals surface area contributed by atoms with Gasteiger partial charge in [-0.25, -0.2) is 5.48 Å². The van der Waals surface area contributed by atoms with Crippen molar-refractivity contribution in [3.63, 3.8) is 0 Å². The van der Waals surface area contributed by atoms with Gasteiger partial charge in [-0.2, -0.15) is 0 Å². The average molecular weight is 416 g/mol. The molecule has 1 unspecified atom stereocenters. The molecule has 0 spiro atoms. The van der Waals surface area contributed by atoms with Crippen LogP contribution in [-0.4, -0.2) is 17.9 Å². The summed E-state index contributed by atoms with van der Waals surface area (Å²) in [5.74, 6) is -0.0520. The highest BCUT2D eigenvalue weighted by Crippen LogP contribution is 2.31. The van der Waals surface area contributed by atoms with Crippen LogP contribution in [0.4, 0.5) is 5.69 Å². The van der Waals surface area contributed by atoms with Crippen molar-refractivity contribution in [2.45, 2.75) is 32.0 Å². The molecule has 0 fully saturated rings. The van der Waals surface area contributed by atoms with Crippen LogP contribution in [0.2, 0.25) is 0 Å². The molecule has 6 nitrogen and oxygen atoms in total. The van der Waals surface area contributed by atoms with Gasteiger partial charge in [0, 0.05) is 5.56 Å². The number of hydrogen-bond acceptors (Lipinski definition) is 4. The Labute approximate surface area is 181 Å². The van der Waals surface area contributed by atoms with E-state index < -0.39 is 6.10 Å². The lowest BCUT2D eigenvalue weighted by Crippen LogP contribution is -2.37. The third-order valence-electron chi connectivity index (χ3n) is 5.08. The summed E-state index contributed by atoms with van der Waals surface area (Å²) in [7, 11) is 0. The van der Waals surface area contributed by atoms with E-state index in [0.717, 1.165) is 18.4 Å². The number of benzene rings is 3. The van der Waals surface area contributed by atoms with E-state index in [9.17, 15) is 9.59 Å². The van der Waals surface area contributed by atoms with E-state index in [0.29, 0.717) is 23.4 Å². The van der Waals surface area contributed by atoms with Gasteiger partial charge in [0.25, 0.3) is 11.8 Å². The number of nitrogens with one attached hydrogen (secondary N) is 2. The van der Waals surface area contributed by atoms with E-state index in [-0.39, 0.29) is 18.4 Å². The van der Waals surface area contributed by atoms with Gasteiger partial charge in [-0.05, 0) is 48.6 Å². The van der Waals surface area contributed by atoms with Crippen LogP contribution < -0.4 is 15.5 Å². The smallest absolute Gasteiger partial charge is 0.274 e. The van der Waals surface area contributed by atoms with Crippen molar-refractivity contribution in [1.29, 1.82) is 0 Å². The molecule has 158 valence electrons. The quantitative estimate of drug-likeness (QED) is 0.538. The molecule has 0 radical (unpaired) electrons. The SMILES string of the molecule is O=C(NOCc1ccccc1)c1ccc2c(c1)OC(CCCc1ccccc1)C(=O)N2. The van der Waals surface area contributed by atoms with E-state index in [1.54, 1.807) is 18.2 Å². The van der Waals surface area contributed by atoms with Gasteiger partial charge in [0.05, 0.1) is 12.3 Å². The Bertz CT molecular complexity index is 1040. The Kier molecular flexibility index (Phi) is 6.59. The molecule has 2 N–H and O–H groups in total. The lowest BCUT2D eigenvalue weighted by Gasteiger charge is -2.26. The molecule has 1 aliphatic heterocycles. The third kappa shape index (κ3) is 5.49. The van der Waals surface area contributed by atoms with Crippen LogP contribution in [0.15, 0.2) is 78.9 Å². The second kappa shape index (κ2) is 9.91. The summed E-state index contributed by atoms with van der Waals surface area (Å²) in [5.41, 5.74) is 5.59. The summed E-state index contributed by atoms with van der Waals surface area (Å²) in [5, 5.41) is 2.86. The molecule has 1 atom stereocenters. The molecule has 3 aromatic rings. The maximum atomic E-state index is 12.4. The Balaban J connectivity index is 1.32. The molecule has 31 heavy (non-hydrogen) atoms. The molecule has 0 aromatic heterocycles. The Morgan fingerprint density at radius 3 is 2.42 bits per heavy atom. The van der Waals surface area contributed by atoms with Gasteiger partial charge in [-0.15, -0.1) is 0 Å². The largest absolute Gasteiger partial charge is 0.478 e. The first-order chi connectivity index (χ1) is 15.2. The average Bonchev–Trinajstić information content (AvgIpc) is 2.80. The summed E-state index contributed by atoms with van der Waals surface area (Å²) in [4.78, 5) is 30.1. The maximum Gasteiger partial charge on any atom is 0.274 e. The van der Waals surface area contributed by atoms with E-state index in [1.165, 1.54) is 5.56 Å². The normalized spacial score (nSPS) is 14.8. The van der Waals surface area contributed by atoms with Gasteiger partial charge in [0.2, 0.25) is 0 Å². The summed E-state index contributed by atoms with van der Waals surface area (Å²) in [6, 6.07) is 24.6. The van der Waals surface area contributed by atoms with Gasteiger partial charge in [0.15, 0.2) is 6.10 Å². The zero-order chi connectivity index (χ0) is 21.5. The van der Waals surface area contributed by atoms with Crippen molar-refractivity contribution in [3.8, 4) is 5.75 Å². The summed E-state index contributed by atoms with van der Waals surface area (Å²) in [6.45, 7) is 0.271. The van der Waals surface area contributed by atoms with Gasteiger partial charge < -0.3 is 10.1 Å². The van der Waals surface area contributed by atoms with Crippen LogP contribution in [0.25, 0.3) is 0 Å². The lowest BCUT2D eigenvalue weighted by atomic mass is 10.0. The van der Waals surface area contributed by atoms with Gasteiger partial charge in [-0.3, -0.25) is 14.4 Å². The van der Waals surface area contributed by atoms with Crippen molar-refractivity contribution in [2.24, 2.45) is 0 Å². The molecule has 2 amide bonds. The molecule has 4 rings (SSSR count). The number of hydroxylamine groups is 1. The molecule has 0 saturated heterocycles. The number of fused-ring (bicyclic) bond motifs is 1. The highest BCUT2D eigenvalue weighted by atomic mass is 16.6. The van der Waals surface area contributed by atoms with Crippen molar-refractivity contribution in [1.82, 2.24) is 5.48 Å². The van der Waals surface area contributed by atoms with Gasteiger partial charge in [-0.1, -0.05) is 60.7 Å². The fourth-order valence-electron chi connectivity index (χ4n) is 3.43. The Morgan fingerprint density at radius 2 is 1.68 bits per heavy atom. The number of anilines is 1. The summed E-state index contributed by atoms with van der Waals surface area (Å²) in [6.07, 6.45) is 1.72. The Hall–Kier alpha value is -3.64. The van der Waals surface area contributed by atoms with Crippen LogP contribution >= 0.6 is 0 Å². The third-order valence-corrected chi connectivity index (χ3v) is 5.08. The highest BCUT2D eigenvalue weighted by Gasteiger charge is 2.27. The van der Waals surface area contributed by atoms with E-state index in [2.05, 4.69) is 22.9 Å². The van der Waals surface area contributed by atoms with Crippen LogP contribution in [-0.2, 0) is 22.7 Å². The van der Waals surface area contributed by atoms with Crippen molar-refractivity contribution < 1.29 is 19.2 Å². The van der Waals surface area contributed by atoms with Gasteiger partial charge >= 0.3 is 0 Å². The topological polar surface area (TPSA) is 76.7 Å². The van der Waals surface area contributed by atoms with E-state index in [4.69, 9.17) is 9.57 Å². The van der Waals surface area contributed by atoms with E-state index in [1.807, 2.05) is 48.5 Å². The molecule has 1 heterocycles. The molecule has 6 heteroatoms. The number of carbonyl (C=O) groups excluding carboxylic acids is 2. The number of rotatable bonds is 8. The first-order valence-corrected chi connectivity index (χ1v) is 10.3. The standard InChI is InChI=1S/C25H24N2O4/c28-24(27-30-17-19-10-5-2-6-11-19)20-14-15-21-23(16-20)31-22(25(29)26-21)13-7-12-18-8-3-1-4-9-18/h1-6,8-11,14-16,22H,7,12-13,17H2,(H,26,29)(H,27,28). The number of ether oxygens (including phenoxy) is 1. The number of amides is 2. The molecule has 3 aromatic carbocycles. The summed E-state index contributed by atoms with van der Waals surface area (Å²) < 4.78 is 5.91. The Morgan fingerprint density at radius 1 is 0.968 bits per heavy atom. The van der Waals surface area contributed by atoms with Crippen LogP contribution in [0.1, 0.15) is 34.3 Å². The second-order valence-corrected chi connectivity index (χ2v) is 7.39. The molecule has 0 aliphatic carbocycles. The molecule has 0 bridgehead atoms. The molecular weight excluding hydrogens is 392 g/mol. The highest BCUT2D eigenvalue weighted by molar-refractivity contribution is 6.00. The first-order valence-electron chi connectivity index (χ1n) is 10.3. The zero-order valence-electron chi connectivity index (χ0n) is 17.0. The lowest BCUT2D eigenvalue weighted by molar-refractivity contribution is -0.123. The zero-order valence-corrected chi connectivity index (χ0v) is 17.0. The molecule has 1 aliphatic rings. The fourth-order valence-corrected chi connectivity index (χ4v) is 3.43. The molecular formula is C25H24N2O4. The van der Waals surface area contributed by atoms with Crippen LogP contribution in [0.3, 0.4) is 0 Å². The predicted octanol–water partition coefficient (Wildman–Crippen LogP) is 4.27. The van der Waals surface area contributed by atoms with Crippen molar-refractivity contribution in [2.75, 3.05) is 5.32 Å². The number of hydrogen-bond donors (Lipinski definition) is 2. The first kappa shape index (κ1) is 20.6. The molecule has 0 saturated carbocycles. The van der Waals surface area contributed by atoms with Gasteiger partial charge in [0.1, 0.15) is 5.75 Å². The number of aryl methyl sites for hydroxylation is 1. The second-order valence-electron chi connectivity index (χ2n) is 7.39.